The Hall–Kier alpha value is -3.07. The van der Waals surface area contributed by atoms with Crippen molar-refractivity contribution in [2.75, 3.05) is 33.4 Å². The molecule has 0 bridgehead atoms. The SMILES string of the molecule is CCOc1ccc([C@@H]2NC(=O)NC(CN3CCC(C(N)=O)CC3)=C2C(=O)OC)cc1. The third-order valence-electron chi connectivity index (χ3n) is 5.46. The zero-order chi connectivity index (χ0) is 21.7. The van der Waals surface area contributed by atoms with Crippen LogP contribution < -0.4 is 21.1 Å². The molecule has 2 aliphatic rings. The molecule has 0 aliphatic carbocycles. The number of likely N-dealkylation sites (tertiary alicyclic amines) is 1. The fourth-order valence-electron chi connectivity index (χ4n) is 3.87. The first-order valence-electron chi connectivity index (χ1n) is 10.1. The van der Waals surface area contributed by atoms with Crippen LogP contribution in [0.1, 0.15) is 31.4 Å². The first-order valence-corrected chi connectivity index (χ1v) is 10.1. The number of hydrogen-bond acceptors (Lipinski definition) is 6. The summed E-state index contributed by atoms with van der Waals surface area (Å²) < 4.78 is 10.5. The van der Waals surface area contributed by atoms with E-state index in [4.69, 9.17) is 15.2 Å². The molecule has 3 rings (SSSR count). The van der Waals surface area contributed by atoms with E-state index in [0.717, 1.165) is 5.56 Å². The molecule has 30 heavy (non-hydrogen) atoms. The lowest BCUT2D eigenvalue weighted by molar-refractivity contribution is -0.136. The summed E-state index contributed by atoms with van der Waals surface area (Å²) in [6.07, 6.45) is 1.31. The Morgan fingerprint density at radius 1 is 1.20 bits per heavy atom. The largest absolute Gasteiger partial charge is 0.494 e. The van der Waals surface area contributed by atoms with Crippen LogP contribution in [0.5, 0.6) is 5.75 Å². The maximum absolute atomic E-state index is 12.6. The maximum atomic E-state index is 12.6. The number of benzene rings is 1. The molecule has 0 unspecified atom stereocenters. The lowest BCUT2D eigenvalue weighted by Gasteiger charge is -2.34. The monoisotopic (exact) mass is 416 g/mol. The van der Waals surface area contributed by atoms with Crippen LogP contribution in [-0.2, 0) is 14.3 Å². The summed E-state index contributed by atoms with van der Waals surface area (Å²) in [6, 6.07) is 6.22. The summed E-state index contributed by atoms with van der Waals surface area (Å²) in [5.74, 6) is -0.213. The van der Waals surface area contributed by atoms with Gasteiger partial charge in [-0.05, 0) is 50.6 Å². The summed E-state index contributed by atoms with van der Waals surface area (Å²) >= 11 is 0. The van der Waals surface area contributed by atoms with Gasteiger partial charge in [0, 0.05) is 18.2 Å². The van der Waals surface area contributed by atoms with Crippen LogP contribution in [-0.4, -0.2) is 56.2 Å². The predicted octanol–water partition coefficient (Wildman–Crippen LogP) is 1.06. The predicted molar refractivity (Wildman–Crippen MR) is 109 cm³/mol. The molecule has 0 radical (unpaired) electrons. The number of urea groups is 1. The molecular weight excluding hydrogens is 388 g/mol. The van der Waals surface area contributed by atoms with Gasteiger partial charge in [-0.25, -0.2) is 9.59 Å². The Balaban J connectivity index is 1.86. The molecule has 1 atom stereocenters. The van der Waals surface area contributed by atoms with Crippen molar-refractivity contribution in [1.29, 1.82) is 0 Å². The van der Waals surface area contributed by atoms with Crippen LogP contribution in [0.15, 0.2) is 35.5 Å². The Morgan fingerprint density at radius 3 is 2.43 bits per heavy atom. The quantitative estimate of drug-likeness (QED) is 0.571. The highest BCUT2D eigenvalue weighted by molar-refractivity contribution is 5.95. The lowest BCUT2D eigenvalue weighted by Crippen LogP contribution is -2.49. The van der Waals surface area contributed by atoms with Gasteiger partial charge in [0.05, 0.1) is 25.3 Å². The molecule has 2 heterocycles. The van der Waals surface area contributed by atoms with Gasteiger partial charge in [0.2, 0.25) is 5.91 Å². The van der Waals surface area contributed by atoms with Gasteiger partial charge in [-0.1, -0.05) is 12.1 Å². The second kappa shape index (κ2) is 9.62. The van der Waals surface area contributed by atoms with Crippen LogP contribution in [0.25, 0.3) is 0 Å². The fourth-order valence-corrected chi connectivity index (χ4v) is 3.87. The molecule has 2 aliphatic heterocycles. The number of hydrogen-bond donors (Lipinski definition) is 3. The van der Waals surface area contributed by atoms with Crippen molar-refractivity contribution in [2.24, 2.45) is 11.7 Å². The second-order valence-corrected chi connectivity index (χ2v) is 7.37. The van der Waals surface area contributed by atoms with E-state index in [1.54, 1.807) is 12.1 Å². The minimum absolute atomic E-state index is 0.130. The minimum atomic E-state index is -0.639. The van der Waals surface area contributed by atoms with Crippen molar-refractivity contribution in [3.8, 4) is 5.75 Å². The zero-order valence-corrected chi connectivity index (χ0v) is 17.3. The highest BCUT2D eigenvalue weighted by atomic mass is 16.5. The van der Waals surface area contributed by atoms with Gasteiger partial charge in [-0.2, -0.15) is 0 Å². The van der Waals surface area contributed by atoms with Crippen LogP contribution in [0.2, 0.25) is 0 Å². The van der Waals surface area contributed by atoms with E-state index in [9.17, 15) is 14.4 Å². The summed E-state index contributed by atoms with van der Waals surface area (Å²) in [4.78, 5) is 38.5. The summed E-state index contributed by atoms with van der Waals surface area (Å²) in [5, 5.41) is 5.57. The number of nitrogens with two attached hydrogens (primary N) is 1. The van der Waals surface area contributed by atoms with Crippen molar-refractivity contribution in [1.82, 2.24) is 15.5 Å². The average Bonchev–Trinajstić information content (AvgIpc) is 2.74. The molecule has 1 fully saturated rings. The number of nitrogens with one attached hydrogen (secondary N) is 2. The van der Waals surface area contributed by atoms with E-state index in [0.29, 0.717) is 56.1 Å². The highest BCUT2D eigenvalue weighted by Crippen LogP contribution is 2.30. The number of carbonyl (C=O) groups excluding carboxylic acids is 3. The van der Waals surface area contributed by atoms with Gasteiger partial charge in [0.15, 0.2) is 0 Å². The number of esters is 1. The Labute approximate surface area is 175 Å². The normalized spacial score (nSPS) is 20.3. The summed E-state index contributed by atoms with van der Waals surface area (Å²) in [6.45, 7) is 4.13. The van der Waals surface area contributed by atoms with E-state index in [2.05, 4.69) is 15.5 Å². The highest BCUT2D eigenvalue weighted by Gasteiger charge is 2.34. The Kier molecular flexibility index (Phi) is 6.94. The number of rotatable bonds is 7. The topological polar surface area (TPSA) is 123 Å². The molecule has 0 saturated carbocycles. The van der Waals surface area contributed by atoms with Crippen molar-refractivity contribution >= 4 is 17.9 Å². The van der Waals surface area contributed by atoms with Crippen LogP contribution in [0.3, 0.4) is 0 Å². The Morgan fingerprint density at radius 2 is 1.87 bits per heavy atom. The molecular formula is C21H28N4O5. The molecule has 1 aromatic carbocycles. The number of carbonyl (C=O) groups is 3. The average molecular weight is 416 g/mol. The number of piperidine rings is 1. The molecule has 1 saturated heterocycles. The summed E-state index contributed by atoms with van der Waals surface area (Å²) in [7, 11) is 1.32. The standard InChI is InChI=1S/C21H28N4O5/c1-3-30-15-6-4-13(5-7-15)18-17(20(27)29-2)16(23-21(28)24-18)12-25-10-8-14(9-11-25)19(22)26/h4-7,14,18H,3,8-12H2,1-2H3,(H2,22,26)(H2,23,24,28)/t18-/m0/s1. The molecule has 9 nitrogen and oxygen atoms in total. The molecule has 0 spiro atoms. The Bertz CT molecular complexity index is 828. The van der Waals surface area contributed by atoms with Gasteiger partial charge in [0.1, 0.15) is 5.75 Å². The van der Waals surface area contributed by atoms with Gasteiger partial charge < -0.3 is 25.8 Å². The molecule has 3 amide bonds. The van der Waals surface area contributed by atoms with Crippen molar-refractivity contribution in [3.05, 3.63) is 41.1 Å². The van der Waals surface area contributed by atoms with E-state index in [-0.39, 0.29) is 17.9 Å². The van der Waals surface area contributed by atoms with Crippen molar-refractivity contribution in [2.45, 2.75) is 25.8 Å². The first kappa shape index (κ1) is 21.6. The lowest BCUT2D eigenvalue weighted by atomic mass is 9.93. The third-order valence-corrected chi connectivity index (χ3v) is 5.46. The zero-order valence-electron chi connectivity index (χ0n) is 17.3. The number of nitrogens with zero attached hydrogens (tertiary/aromatic N) is 1. The third kappa shape index (κ3) is 4.91. The van der Waals surface area contributed by atoms with Crippen LogP contribution in [0, 0.1) is 5.92 Å². The molecule has 4 N–H and O–H groups in total. The number of primary amides is 1. The maximum Gasteiger partial charge on any atom is 0.338 e. The first-order chi connectivity index (χ1) is 14.4. The fraction of sp³-hybridized carbons (Fsp3) is 0.476. The van der Waals surface area contributed by atoms with E-state index in [1.165, 1.54) is 7.11 Å². The van der Waals surface area contributed by atoms with E-state index < -0.39 is 12.0 Å². The molecule has 162 valence electrons. The molecule has 0 aromatic heterocycles. The summed E-state index contributed by atoms with van der Waals surface area (Å²) in [5.41, 5.74) is 7.01. The van der Waals surface area contributed by atoms with Gasteiger partial charge >= 0.3 is 12.0 Å². The van der Waals surface area contributed by atoms with Crippen LogP contribution >= 0.6 is 0 Å². The second-order valence-electron chi connectivity index (χ2n) is 7.37. The minimum Gasteiger partial charge on any atom is -0.494 e. The smallest absolute Gasteiger partial charge is 0.338 e. The van der Waals surface area contributed by atoms with E-state index in [1.807, 2.05) is 19.1 Å². The number of methoxy groups -OCH3 is 1. The molecule has 1 aromatic rings. The number of ether oxygens (including phenoxy) is 2. The molecule has 9 heteroatoms. The van der Waals surface area contributed by atoms with Gasteiger partial charge in [-0.3, -0.25) is 9.69 Å². The van der Waals surface area contributed by atoms with E-state index >= 15 is 0 Å². The van der Waals surface area contributed by atoms with Gasteiger partial charge in [0.25, 0.3) is 0 Å². The van der Waals surface area contributed by atoms with Crippen LogP contribution in [0.4, 0.5) is 4.79 Å². The van der Waals surface area contributed by atoms with Crippen molar-refractivity contribution < 1.29 is 23.9 Å². The number of amides is 3. The van der Waals surface area contributed by atoms with Crippen molar-refractivity contribution in [3.63, 3.8) is 0 Å². The van der Waals surface area contributed by atoms with Gasteiger partial charge in [-0.15, -0.1) is 0 Å².